The average Bonchev–Trinajstić information content (AvgIpc) is 3.28. The molecule has 3 aromatic rings. The van der Waals surface area contributed by atoms with Crippen LogP contribution in [0.1, 0.15) is 0 Å². The van der Waals surface area contributed by atoms with Gasteiger partial charge in [-0.05, 0) is 24.3 Å². The summed E-state index contributed by atoms with van der Waals surface area (Å²) in [5.74, 6) is 0.206. The molecule has 2 aromatic carbocycles. The van der Waals surface area contributed by atoms with Gasteiger partial charge in [0.05, 0.1) is 17.7 Å². The van der Waals surface area contributed by atoms with Crippen molar-refractivity contribution in [3.05, 3.63) is 60.0 Å². The third kappa shape index (κ3) is 5.89. The van der Waals surface area contributed by atoms with Crippen molar-refractivity contribution < 1.29 is 13.2 Å². The first-order chi connectivity index (χ1) is 15.4. The molecule has 168 valence electrons. The molecule has 10 heteroatoms. The summed E-state index contributed by atoms with van der Waals surface area (Å²) < 4.78 is 25.7. The van der Waals surface area contributed by atoms with E-state index < -0.39 is 10.0 Å². The number of nitrogens with one attached hydrogen (secondary N) is 1. The van der Waals surface area contributed by atoms with E-state index in [1.54, 1.807) is 0 Å². The molecule has 1 amide bonds. The van der Waals surface area contributed by atoms with Crippen molar-refractivity contribution in [3.63, 3.8) is 0 Å². The summed E-state index contributed by atoms with van der Waals surface area (Å²) >= 11 is 2.96. The number of nitrogens with zero attached hydrogens (tertiary/aromatic N) is 3. The second kappa shape index (κ2) is 10.0. The van der Waals surface area contributed by atoms with E-state index in [2.05, 4.69) is 15.2 Å². The molecule has 0 radical (unpaired) electrons. The predicted molar refractivity (Wildman–Crippen MR) is 132 cm³/mol. The van der Waals surface area contributed by atoms with Crippen LogP contribution in [0.25, 0.3) is 11.3 Å². The number of amides is 1. The number of carbonyl (C=O) groups excluding carboxylic acids is 1. The molecule has 1 fully saturated rings. The van der Waals surface area contributed by atoms with Crippen LogP contribution in [0.4, 0.5) is 11.4 Å². The van der Waals surface area contributed by atoms with Gasteiger partial charge in [-0.3, -0.25) is 4.79 Å². The smallest absolute Gasteiger partial charge is 0.234 e. The minimum absolute atomic E-state index is 0.0824. The molecular formula is C22H24N4O3S3. The summed E-state index contributed by atoms with van der Waals surface area (Å²) in [6, 6.07) is 17.6. The first kappa shape index (κ1) is 22.8. The first-order valence-electron chi connectivity index (χ1n) is 10.1. The normalized spacial score (nSPS) is 15.0. The lowest BCUT2D eigenvalue weighted by atomic mass is 10.2. The Balaban J connectivity index is 1.26. The molecule has 0 unspecified atom stereocenters. The molecule has 1 aliphatic rings. The van der Waals surface area contributed by atoms with Crippen molar-refractivity contribution in [3.8, 4) is 11.3 Å². The minimum atomic E-state index is -3.14. The number of rotatable bonds is 7. The highest BCUT2D eigenvalue weighted by Gasteiger charge is 2.23. The Kier molecular flexibility index (Phi) is 7.14. The van der Waals surface area contributed by atoms with E-state index in [0.717, 1.165) is 27.0 Å². The zero-order chi connectivity index (χ0) is 22.6. The Morgan fingerprint density at radius 3 is 2.41 bits per heavy atom. The van der Waals surface area contributed by atoms with Crippen molar-refractivity contribution in [2.75, 3.05) is 48.4 Å². The molecule has 1 N–H and O–H groups in total. The number of sulfonamides is 1. The lowest BCUT2D eigenvalue weighted by Crippen LogP contribution is -2.48. The first-order valence-corrected chi connectivity index (χ1v) is 13.8. The van der Waals surface area contributed by atoms with Crippen LogP contribution in [0.3, 0.4) is 0 Å². The van der Waals surface area contributed by atoms with Gasteiger partial charge in [0.2, 0.25) is 15.9 Å². The Bertz CT molecular complexity index is 1160. The lowest BCUT2D eigenvalue weighted by molar-refractivity contribution is -0.113. The van der Waals surface area contributed by atoms with E-state index in [1.165, 1.54) is 33.7 Å². The van der Waals surface area contributed by atoms with Crippen molar-refractivity contribution in [2.24, 2.45) is 0 Å². The Hall–Kier alpha value is -2.40. The van der Waals surface area contributed by atoms with E-state index >= 15 is 0 Å². The van der Waals surface area contributed by atoms with Crippen LogP contribution < -0.4 is 10.2 Å². The summed E-state index contributed by atoms with van der Waals surface area (Å²) in [7, 11) is -3.14. The molecule has 0 spiro atoms. The van der Waals surface area contributed by atoms with Gasteiger partial charge in [0.25, 0.3) is 0 Å². The Labute approximate surface area is 196 Å². The van der Waals surface area contributed by atoms with Crippen molar-refractivity contribution in [1.82, 2.24) is 9.29 Å². The molecule has 0 aliphatic carbocycles. The van der Waals surface area contributed by atoms with Crippen molar-refractivity contribution in [1.29, 1.82) is 0 Å². The van der Waals surface area contributed by atoms with Crippen LogP contribution in [0, 0.1) is 0 Å². The van der Waals surface area contributed by atoms with Gasteiger partial charge in [-0.15, -0.1) is 11.3 Å². The third-order valence-corrected chi connectivity index (χ3v) is 8.43. The zero-order valence-electron chi connectivity index (χ0n) is 17.6. The number of aromatic nitrogens is 1. The SMILES string of the molecule is CS(=O)(=O)N1CCN(c2ccc(NC(=O)CSc3nc(-c4ccccc4)cs3)cc2)CC1. The summed E-state index contributed by atoms with van der Waals surface area (Å²) in [6.45, 7) is 2.26. The van der Waals surface area contributed by atoms with Gasteiger partial charge in [-0.1, -0.05) is 42.1 Å². The number of thioether (sulfide) groups is 1. The molecule has 0 bridgehead atoms. The van der Waals surface area contributed by atoms with E-state index in [1.807, 2.05) is 60.0 Å². The van der Waals surface area contributed by atoms with Crippen LogP contribution in [0.15, 0.2) is 64.3 Å². The molecule has 32 heavy (non-hydrogen) atoms. The minimum Gasteiger partial charge on any atom is -0.369 e. The lowest BCUT2D eigenvalue weighted by Gasteiger charge is -2.34. The fourth-order valence-electron chi connectivity index (χ4n) is 3.42. The van der Waals surface area contributed by atoms with E-state index in [-0.39, 0.29) is 11.7 Å². The molecular weight excluding hydrogens is 464 g/mol. The maximum atomic E-state index is 12.4. The number of piperazine rings is 1. The summed E-state index contributed by atoms with van der Waals surface area (Å²) in [5, 5.41) is 4.92. The number of benzene rings is 2. The van der Waals surface area contributed by atoms with Gasteiger partial charge < -0.3 is 10.2 Å². The highest BCUT2D eigenvalue weighted by atomic mass is 32.2. The van der Waals surface area contributed by atoms with Gasteiger partial charge >= 0.3 is 0 Å². The van der Waals surface area contributed by atoms with Crippen LogP contribution in [0.5, 0.6) is 0 Å². The second-order valence-corrected chi connectivity index (χ2v) is 11.5. The maximum absolute atomic E-state index is 12.4. The molecule has 4 rings (SSSR count). The standard InChI is InChI=1S/C22H24N4O3S3/c1-32(28,29)26-13-11-25(12-14-26)19-9-7-18(8-10-19)23-21(27)16-31-22-24-20(15-30-22)17-5-3-2-4-6-17/h2-10,15H,11-14,16H2,1H3,(H,23,27). The van der Waals surface area contributed by atoms with Crippen LogP contribution in [-0.4, -0.2) is 61.8 Å². The van der Waals surface area contributed by atoms with Gasteiger partial charge in [0.1, 0.15) is 0 Å². The summed E-state index contributed by atoms with van der Waals surface area (Å²) in [4.78, 5) is 19.1. The van der Waals surface area contributed by atoms with Gasteiger partial charge in [-0.25, -0.2) is 13.4 Å². The van der Waals surface area contributed by atoms with E-state index in [9.17, 15) is 13.2 Å². The van der Waals surface area contributed by atoms with E-state index in [0.29, 0.717) is 26.2 Å². The second-order valence-electron chi connectivity index (χ2n) is 7.40. The largest absolute Gasteiger partial charge is 0.369 e. The zero-order valence-corrected chi connectivity index (χ0v) is 20.0. The van der Waals surface area contributed by atoms with E-state index in [4.69, 9.17) is 0 Å². The van der Waals surface area contributed by atoms with Crippen molar-refractivity contribution in [2.45, 2.75) is 4.34 Å². The number of hydrogen-bond acceptors (Lipinski definition) is 7. The third-order valence-electron chi connectivity index (χ3n) is 5.10. The monoisotopic (exact) mass is 488 g/mol. The van der Waals surface area contributed by atoms with Crippen LogP contribution in [-0.2, 0) is 14.8 Å². The van der Waals surface area contributed by atoms with Gasteiger partial charge in [-0.2, -0.15) is 4.31 Å². The molecule has 1 aliphatic heterocycles. The molecule has 1 aromatic heterocycles. The molecule has 7 nitrogen and oxygen atoms in total. The Morgan fingerprint density at radius 2 is 1.75 bits per heavy atom. The fraction of sp³-hybridized carbons (Fsp3) is 0.273. The molecule has 1 saturated heterocycles. The average molecular weight is 489 g/mol. The fourth-order valence-corrected chi connectivity index (χ4v) is 5.88. The highest BCUT2D eigenvalue weighted by molar-refractivity contribution is 8.01. The number of hydrogen-bond donors (Lipinski definition) is 1. The molecule has 0 atom stereocenters. The van der Waals surface area contributed by atoms with Gasteiger partial charge in [0, 0.05) is 48.5 Å². The number of anilines is 2. The molecule has 0 saturated carbocycles. The Morgan fingerprint density at radius 1 is 1.06 bits per heavy atom. The summed E-state index contributed by atoms with van der Waals surface area (Å²) in [5.41, 5.74) is 3.74. The topological polar surface area (TPSA) is 82.6 Å². The highest BCUT2D eigenvalue weighted by Crippen LogP contribution is 2.28. The maximum Gasteiger partial charge on any atom is 0.234 e. The predicted octanol–water partition coefficient (Wildman–Crippen LogP) is 3.62. The van der Waals surface area contributed by atoms with Crippen LogP contribution in [0.2, 0.25) is 0 Å². The number of thiazole rings is 1. The summed E-state index contributed by atoms with van der Waals surface area (Å²) in [6.07, 6.45) is 1.25. The quantitative estimate of drug-likeness (QED) is 0.512. The molecule has 2 heterocycles. The number of carbonyl (C=O) groups is 1. The van der Waals surface area contributed by atoms with Gasteiger partial charge in [0.15, 0.2) is 4.34 Å². The van der Waals surface area contributed by atoms with Crippen LogP contribution >= 0.6 is 23.1 Å². The van der Waals surface area contributed by atoms with Crippen molar-refractivity contribution >= 4 is 50.4 Å².